The molecule has 106 valence electrons. The van der Waals surface area contributed by atoms with E-state index in [1.807, 2.05) is 32.3 Å². The average molecular weight is 275 g/mol. The van der Waals surface area contributed by atoms with Gasteiger partial charge in [-0.1, -0.05) is 11.2 Å². The van der Waals surface area contributed by atoms with Crippen molar-refractivity contribution >= 4 is 22.7 Å². The van der Waals surface area contributed by atoms with Crippen LogP contribution in [0.2, 0.25) is 0 Å². The van der Waals surface area contributed by atoms with E-state index in [1.54, 1.807) is 4.90 Å². The van der Waals surface area contributed by atoms with E-state index < -0.39 is 0 Å². The molecule has 1 aromatic carbocycles. The summed E-state index contributed by atoms with van der Waals surface area (Å²) in [7, 11) is 4.02. The van der Waals surface area contributed by atoms with Crippen LogP contribution in [0.3, 0.4) is 0 Å². The first kappa shape index (κ1) is 12.9. The number of aromatic nitrogens is 1. The van der Waals surface area contributed by atoms with Gasteiger partial charge in [0, 0.05) is 6.54 Å². The van der Waals surface area contributed by atoms with E-state index in [4.69, 9.17) is 9.26 Å². The molecule has 3 rings (SSSR count). The van der Waals surface area contributed by atoms with Gasteiger partial charge in [-0.05, 0) is 39.2 Å². The lowest BCUT2D eigenvalue weighted by Crippen LogP contribution is -2.36. The van der Waals surface area contributed by atoms with Gasteiger partial charge in [0.15, 0.2) is 18.0 Å². The lowest BCUT2D eigenvalue weighted by atomic mass is 10.2. The van der Waals surface area contributed by atoms with Crippen LogP contribution in [0.4, 0.5) is 5.82 Å². The summed E-state index contributed by atoms with van der Waals surface area (Å²) in [5, 5.41) is 4.83. The average Bonchev–Trinajstić information content (AvgIpc) is 2.79. The molecular formula is C14H17N3O3. The molecule has 0 bridgehead atoms. The Hall–Kier alpha value is -2.08. The third-order valence-electron chi connectivity index (χ3n) is 3.34. The molecule has 1 aromatic heterocycles. The van der Waals surface area contributed by atoms with Gasteiger partial charge in [0.1, 0.15) is 11.1 Å². The largest absolute Gasteiger partial charge is 0.483 e. The molecule has 0 spiro atoms. The lowest BCUT2D eigenvalue weighted by Gasteiger charge is -2.19. The van der Waals surface area contributed by atoms with Crippen molar-refractivity contribution in [3.05, 3.63) is 18.2 Å². The minimum absolute atomic E-state index is 0.0391. The van der Waals surface area contributed by atoms with Crippen LogP contribution < -0.4 is 9.64 Å². The van der Waals surface area contributed by atoms with Crippen LogP contribution in [-0.4, -0.2) is 49.8 Å². The number of carbonyl (C=O) groups is 1. The number of ether oxygens (including phenoxy) is 1. The summed E-state index contributed by atoms with van der Waals surface area (Å²) in [5.74, 6) is 1.13. The van der Waals surface area contributed by atoms with Crippen molar-refractivity contribution in [2.45, 2.75) is 6.42 Å². The molecule has 0 saturated heterocycles. The van der Waals surface area contributed by atoms with Crippen LogP contribution in [-0.2, 0) is 4.79 Å². The number of rotatable bonds is 4. The number of anilines is 1. The molecule has 6 heteroatoms. The van der Waals surface area contributed by atoms with Crippen molar-refractivity contribution in [1.29, 1.82) is 0 Å². The fourth-order valence-electron chi connectivity index (χ4n) is 2.36. The van der Waals surface area contributed by atoms with Crippen molar-refractivity contribution in [2.24, 2.45) is 0 Å². The van der Waals surface area contributed by atoms with Crippen molar-refractivity contribution in [2.75, 3.05) is 38.7 Å². The summed E-state index contributed by atoms with van der Waals surface area (Å²) in [5.41, 5.74) is 0.643. The van der Waals surface area contributed by atoms with E-state index in [9.17, 15) is 4.79 Å². The molecule has 1 aliphatic rings. The molecule has 0 fully saturated rings. The highest BCUT2D eigenvalue weighted by atomic mass is 16.5. The second-order valence-electron chi connectivity index (χ2n) is 5.13. The van der Waals surface area contributed by atoms with Crippen molar-refractivity contribution in [3.63, 3.8) is 0 Å². The number of hydrogen-bond donors (Lipinski definition) is 0. The zero-order chi connectivity index (χ0) is 14.1. The molecule has 2 aromatic rings. The van der Waals surface area contributed by atoms with Gasteiger partial charge in [-0.25, -0.2) is 0 Å². The van der Waals surface area contributed by atoms with Gasteiger partial charge < -0.3 is 14.2 Å². The lowest BCUT2D eigenvalue weighted by molar-refractivity contribution is -0.120. The number of nitrogens with zero attached hydrogens (tertiary/aromatic N) is 3. The van der Waals surface area contributed by atoms with E-state index >= 15 is 0 Å². The monoisotopic (exact) mass is 275 g/mol. The molecule has 6 nitrogen and oxygen atoms in total. The van der Waals surface area contributed by atoms with Crippen molar-refractivity contribution in [3.8, 4) is 5.75 Å². The van der Waals surface area contributed by atoms with Crippen LogP contribution in [0, 0.1) is 0 Å². The Morgan fingerprint density at radius 2 is 2.25 bits per heavy atom. The van der Waals surface area contributed by atoms with E-state index in [0.29, 0.717) is 23.7 Å². The highest BCUT2D eigenvalue weighted by Crippen LogP contribution is 2.36. The zero-order valence-electron chi connectivity index (χ0n) is 11.6. The Morgan fingerprint density at radius 3 is 3.05 bits per heavy atom. The maximum atomic E-state index is 12.2. The van der Waals surface area contributed by atoms with E-state index in [0.717, 1.165) is 18.4 Å². The standard InChI is InChI=1S/C14H17N3O3/c1-16(2)7-4-8-17-12(18)9-19-10-5-3-6-11-13(10)14(17)15-20-11/h3,5-6H,4,7-9H2,1-2H3. The molecule has 0 N–H and O–H groups in total. The predicted octanol–water partition coefficient (Wildman–Crippen LogP) is 1.50. The molecular weight excluding hydrogens is 258 g/mol. The first-order valence-electron chi connectivity index (χ1n) is 6.63. The normalized spacial score (nSPS) is 14.8. The van der Waals surface area contributed by atoms with E-state index in [-0.39, 0.29) is 12.5 Å². The van der Waals surface area contributed by atoms with Gasteiger partial charge in [0.25, 0.3) is 5.91 Å². The van der Waals surface area contributed by atoms with Crippen LogP contribution in [0.15, 0.2) is 22.7 Å². The third kappa shape index (κ3) is 2.22. The number of amides is 1. The maximum Gasteiger partial charge on any atom is 0.266 e. The highest BCUT2D eigenvalue weighted by molar-refractivity contribution is 6.05. The molecule has 0 radical (unpaired) electrons. The summed E-state index contributed by atoms with van der Waals surface area (Å²) in [6.45, 7) is 1.56. The molecule has 0 unspecified atom stereocenters. The van der Waals surface area contributed by atoms with Crippen molar-refractivity contribution < 1.29 is 14.1 Å². The quantitative estimate of drug-likeness (QED) is 0.846. The van der Waals surface area contributed by atoms with Gasteiger partial charge in [-0.2, -0.15) is 0 Å². The van der Waals surface area contributed by atoms with E-state index in [1.165, 1.54) is 0 Å². The fraction of sp³-hybridized carbons (Fsp3) is 0.429. The smallest absolute Gasteiger partial charge is 0.266 e. The predicted molar refractivity (Wildman–Crippen MR) is 75.0 cm³/mol. The SMILES string of the molecule is CN(C)CCCN1C(=O)COc2cccc3onc1c23. The van der Waals surface area contributed by atoms with Gasteiger partial charge >= 0.3 is 0 Å². The summed E-state index contributed by atoms with van der Waals surface area (Å²) >= 11 is 0. The first-order valence-corrected chi connectivity index (χ1v) is 6.63. The van der Waals surface area contributed by atoms with Crippen LogP contribution >= 0.6 is 0 Å². The first-order chi connectivity index (χ1) is 9.66. The second kappa shape index (κ2) is 5.13. The molecule has 1 aliphatic heterocycles. The minimum Gasteiger partial charge on any atom is -0.483 e. The molecule has 20 heavy (non-hydrogen) atoms. The van der Waals surface area contributed by atoms with Gasteiger partial charge in [-0.15, -0.1) is 0 Å². The van der Waals surface area contributed by atoms with Crippen LogP contribution in [0.5, 0.6) is 5.75 Å². The van der Waals surface area contributed by atoms with Gasteiger partial charge in [-0.3, -0.25) is 9.69 Å². The van der Waals surface area contributed by atoms with Gasteiger partial charge in [0.05, 0.1) is 0 Å². The summed E-state index contributed by atoms with van der Waals surface area (Å²) in [6, 6.07) is 5.49. The number of carbonyl (C=O) groups excluding carboxylic acids is 1. The Balaban J connectivity index is 1.94. The Morgan fingerprint density at radius 1 is 1.40 bits per heavy atom. The highest BCUT2D eigenvalue weighted by Gasteiger charge is 2.27. The second-order valence-corrected chi connectivity index (χ2v) is 5.13. The number of benzene rings is 1. The Labute approximate surface area is 116 Å². The summed E-state index contributed by atoms with van der Waals surface area (Å²) < 4.78 is 10.8. The molecule has 0 saturated carbocycles. The van der Waals surface area contributed by atoms with Gasteiger partial charge in [0.2, 0.25) is 0 Å². The summed E-state index contributed by atoms with van der Waals surface area (Å²) in [4.78, 5) is 15.9. The molecule has 0 aliphatic carbocycles. The van der Waals surface area contributed by atoms with Crippen LogP contribution in [0.1, 0.15) is 6.42 Å². The summed E-state index contributed by atoms with van der Waals surface area (Å²) in [6.07, 6.45) is 0.870. The van der Waals surface area contributed by atoms with Crippen LogP contribution in [0.25, 0.3) is 11.0 Å². The molecule has 1 amide bonds. The fourth-order valence-corrected chi connectivity index (χ4v) is 2.36. The zero-order valence-corrected chi connectivity index (χ0v) is 11.6. The van der Waals surface area contributed by atoms with Crippen molar-refractivity contribution in [1.82, 2.24) is 10.1 Å². The molecule has 2 heterocycles. The third-order valence-corrected chi connectivity index (χ3v) is 3.34. The molecule has 0 atom stereocenters. The topological polar surface area (TPSA) is 58.8 Å². The van der Waals surface area contributed by atoms with E-state index in [2.05, 4.69) is 10.1 Å². The Bertz CT molecular complexity index is 636. The number of hydrogen-bond acceptors (Lipinski definition) is 5. The maximum absolute atomic E-state index is 12.2. The Kier molecular flexibility index (Phi) is 3.31. The minimum atomic E-state index is -0.0878.